The van der Waals surface area contributed by atoms with E-state index in [0.29, 0.717) is 12.1 Å². The van der Waals surface area contributed by atoms with E-state index in [0.717, 1.165) is 19.5 Å². The maximum Gasteiger partial charge on any atom is 0.332 e. The Balaban J connectivity index is 2.22. The minimum Gasteiger partial charge on any atom is -0.478 e. The third kappa shape index (κ3) is 4.47. The number of hydrogen-bond acceptors (Lipinski definition) is 2. The van der Waals surface area contributed by atoms with Crippen molar-refractivity contribution in [1.29, 1.82) is 0 Å². The predicted molar refractivity (Wildman–Crippen MR) is 60.9 cm³/mol. The molecule has 1 rings (SSSR count). The first-order chi connectivity index (χ1) is 7.24. The van der Waals surface area contributed by atoms with E-state index < -0.39 is 5.97 Å². The van der Waals surface area contributed by atoms with Gasteiger partial charge in [0.15, 0.2) is 0 Å². The summed E-state index contributed by atoms with van der Waals surface area (Å²) in [6.07, 6.45) is 7.73. The van der Waals surface area contributed by atoms with Crippen molar-refractivity contribution in [3.8, 4) is 0 Å². The fourth-order valence-electron chi connectivity index (χ4n) is 1.91. The largest absolute Gasteiger partial charge is 0.478 e. The number of unbranched alkanes of at least 4 members (excludes halogenated alkanes) is 3. The Hall–Kier alpha value is -0.830. The molecule has 0 bridgehead atoms. The summed E-state index contributed by atoms with van der Waals surface area (Å²) in [7, 11) is 0. The smallest absolute Gasteiger partial charge is 0.332 e. The maximum atomic E-state index is 10.8. The molecule has 1 N–H and O–H groups in total. The van der Waals surface area contributed by atoms with Gasteiger partial charge in [0.25, 0.3) is 0 Å². The van der Waals surface area contributed by atoms with Crippen LogP contribution in [-0.2, 0) is 4.79 Å². The Labute approximate surface area is 91.8 Å². The van der Waals surface area contributed by atoms with Gasteiger partial charge in [-0.1, -0.05) is 32.3 Å². The van der Waals surface area contributed by atoms with Gasteiger partial charge in [-0.25, -0.2) is 4.79 Å². The van der Waals surface area contributed by atoms with Crippen LogP contribution in [0.15, 0.2) is 11.6 Å². The highest BCUT2D eigenvalue weighted by atomic mass is 16.4. The number of hydrogen-bond donors (Lipinski definition) is 1. The van der Waals surface area contributed by atoms with Crippen molar-refractivity contribution in [1.82, 2.24) is 4.90 Å². The second-order valence-electron chi connectivity index (χ2n) is 4.16. The van der Waals surface area contributed by atoms with Crippen molar-refractivity contribution in [2.24, 2.45) is 0 Å². The molecule has 0 atom stereocenters. The molecule has 0 fully saturated rings. The molecular formula is C12H21NO2. The first-order valence-electron chi connectivity index (χ1n) is 5.88. The van der Waals surface area contributed by atoms with Crippen molar-refractivity contribution in [2.45, 2.75) is 39.0 Å². The summed E-state index contributed by atoms with van der Waals surface area (Å²) in [5, 5.41) is 8.87. The molecule has 0 spiro atoms. The first kappa shape index (κ1) is 12.2. The molecule has 0 aliphatic carbocycles. The van der Waals surface area contributed by atoms with Crippen LogP contribution in [0.1, 0.15) is 39.0 Å². The van der Waals surface area contributed by atoms with Crippen molar-refractivity contribution in [3.05, 3.63) is 11.6 Å². The summed E-state index contributed by atoms with van der Waals surface area (Å²) in [5.74, 6) is -0.756. The highest BCUT2D eigenvalue weighted by molar-refractivity contribution is 5.87. The molecule has 1 heterocycles. The summed E-state index contributed by atoms with van der Waals surface area (Å²) in [6, 6.07) is 0. The van der Waals surface area contributed by atoms with Crippen LogP contribution in [0.3, 0.4) is 0 Å². The van der Waals surface area contributed by atoms with Crippen LogP contribution in [0, 0.1) is 0 Å². The van der Waals surface area contributed by atoms with Crippen LogP contribution < -0.4 is 0 Å². The Morgan fingerprint density at radius 3 is 2.93 bits per heavy atom. The van der Waals surface area contributed by atoms with Crippen LogP contribution in [-0.4, -0.2) is 35.6 Å². The van der Waals surface area contributed by atoms with Gasteiger partial charge in [0.2, 0.25) is 0 Å². The quantitative estimate of drug-likeness (QED) is 0.685. The molecule has 0 aromatic heterocycles. The van der Waals surface area contributed by atoms with Crippen LogP contribution in [0.25, 0.3) is 0 Å². The number of carboxylic acid groups (broad SMARTS) is 1. The topological polar surface area (TPSA) is 40.5 Å². The van der Waals surface area contributed by atoms with E-state index in [1.54, 1.807) is 0 Å². The van der Waals surface area contributed by atoms with Gasteiger partial charge in [-0.05, 0) is 19.4 Å². The number of carboxylic acids is 1. The normalized spacial score (nSPS) is 17.5. The van der Waals surface area contributed by atoms with Crippen LogP contribution in [0.5, 0.6) is 0 Å². The van der Waals surface area contributed by atoms with Gasteiger partial charge in [0.05, 0.1) is 0 Å². The molecule has 3 nitrogen and oxygen atoms in total. The summed E-state index contributed by atoms with van der Waals surface area (Å²) in [4.78, 5) is 13.0. The standard InChI is InChI=1S/C12H21NO2/c1-2-3-4-5-8-13-9-6-7-11(10-13)12(14)15/h7H,2-6,8-10H2,1H3,(H,14,15). The summed E-state index contributed by atoms with van der Waals surface area (Å²) in [6.45, 7) is 4.89. The minimum absolute atomic E-state index is 0.566. The number of carbonyl (C=O) groups is 1. The number of rotatable bonds is 6. The van der Waals surface area contributed by atoms with Crippen LogP contribution in [0.4, 0.5) is 0 Å². The molecule has 0 saturated heterocycles. The molecule has 1 aliphatic heterocycles. The third-order valence-electron chi connectivity index (χ3n) is 2.83. The summed E-state index contributed by atoms with van der Waals surface area (Å²) >= 11 is 0. The highest BCUT2D eigenvalue weighted by Gasteiger charge is 2.16. The van der Waals surface area contributed by atoms with Gasteiger partial charge >= 0.3 is 5.97 Å². The van der Waals surface area contributed by atoms with Crippen molar-refractivity contribution < 1.29 is 9.90 Å². The summed E-state index contributed by atoms with van der Waals surface area (Å²) < 4.78 is 0. The Bertz CT molecular complexity index is 236. The second-order valence-corrected chi connectivity index (χ2v) is 4.16. The zero-order chi connectivity index (χ0) is 11.1. The first-order valence-corrected chi connectivity index (χ1v) is 5.88. The molecule has 86 valence electrons. The molecule has 0 aromatic carbocycles. The molecule has 1 aliphatic rings. The molecule has 0 amide bonds. The van der Waals surface area contributed by atoms with Gasteiger partial charge in [0.1, 0.15) is 0 Å². The van der Waals surface area contributed by atoms with Crippen molar-refractivity contribution in [3.63, 3.8) is 0 Å². The zero-order valence-corrected chi connectivity index (χ0v) is 9.54. The molecule has 0 unspecified atom stereocenters. The molecule has 0 radical (unpaired) electrons. The van der Waals surface area contributed by atoms with Crippen LogP contribution in [0.2, 0.25) is 0 Å². The Morgan fingerprint density at radius 1 is 1.47 bits per heavy atom. The van der Waals surface area contributed by atoms with E-state index in [1.807, 2.05) is 6.08 Å². The highest BCUT2D eigenvalue weighted by Crippen LogP contribution is 2.11. The van der Waals surface area contributed by atoms with Gasteiger partial charge in [-0.2, -0.15) is 0 Å². The van der Waals surface area contributed by atoms with Gasteiger partial charge in [0, 0.05) is 18.7 Å². The van der Waals surface area contributed by atoms with Gasteiger partial charge < -0.3 is 5.11 Å². The average Bonchev–Trinajstić information content (AvgIpc) is 2.25. The summed E-state index contributed by atoms with van der Waals surface area (Å²) in [5.41, 5.74) is 0.566. The van der Waals surface area contributed by atoms with E-state index in [2.05, 4.69) is 11.8 Å². The molecule has 0 aromatic rings. The average molecular weight is 211 g/mol. The van der Waals surface area contributed by atoms with Crippen molar-refractivity contribution in [2.75, 3.05) is 19.6 Å². The fourth-order valence-corrected chi connectivity index (χ4v) is 1.91. The monoisotopic (exact) mass is 211 g/mol. The van der Waals surface area contributed by atoms with E-state index in [4.69, 9.17) is 5.11 Å². The predicted octanol–water partition coefficient (Wildman–Crippen LogP) is 2.28. The zero-order valence-electron chi connectivity index (χ0n) is 9.54. The van der Waals surface area contributed by atoms with E-state index in [1.165, 1.54) is 25.7 Å². The van der Waals surface area contributed by atoms with Gasteiger partial charge in [-0.15, -0.1) is 0 Å². The van der Waals surface area contributed by atoms with Crippen molar-refractivity contribution >= 4 is 5.97 Å². The van der Waals surface area contributed by atoms with E-state index >= 15 is 0 Å². The lowest BCUT2D eigenvalue weighted by Gasteiger charge is -2.25. The van der Waals surface area contributed by atoms with Crippen LogP contribution >= 0.6 is 0 Å². The molecular weight excluding hydrogens is 190 g/mol. The Morgan fingerprint density at radius 2 is 2.27 bits per heavy atom. The third-order valence-corrected chi connectivity index (χ3v) is 2.83. The number of nitrogens with zero attached hydrogens (tertiary/aromatic N) is 1. The Kier molecular flexibility index (Phi) is 5.40. The lowest BCUT2D eigenvalue weighted by Crippen LogP contribution is -2.33. The second kappa shape index (κ2) is 6.62. The molecule has 0 saturated carbocycles. The fraction of sp³-hybridized carbons (Fsp3) is 0.750. The molecule has 3 heteroatoms. The minimum atomic E-state index is -0.756. The lowest BCUT2D eigenvalue weighted by atomic mass is 10.1. The number of aliphatic carboxylic acids is 1. The van der Waals surface area contributed by atoms with E-state index in [9.17, 15) is 4.79 Å². The SMILES string of the molecule is CCCCCCN1CCC=C(C(=O)O)C1. The van der Waals surface area contributed by atoms with E-state index in [-0.39, 0.29) is 0 Å². The maximum absolute atomic E-state index is 10.8. The van der Waals surface area contributed by atoms with Gasteiger partial charge in [-0.3, -0.25) is 4.90 Å². The molecule has 15 heavy (non-hydrogen) atoms. The lowest BCUT2D eigenvalue weighted by molar-refractivity contribution is -0.133.